The predicted molar refractivity (Wildman–Crippen MR) is 103 cm³/mol. The van der Waals surface area contributed by atoms with Gasteiger partial charge in [-0.1, -0.05) is 23.2 Å². The molecule has 0 bridgehead atoms. The maximum Gasteiger partial charge on any atom is 0.134 e. The Morgan fingerprint density at radius 2 is 1.54 bits per heavy atom. The molecule has 0 aliphatic heterocycles. The lowest BCUT2D eigenvalue weighted by Crippen LogP contribution is -2.11. The predicted octanol–water partition coefficient (Wildman–Crippen LogP) is 5.78. The summed E-state index contributed by atoms with van der Waals surface area (Å²) in [5.41, 5.74) is 2.06. The Morgan fingerprint density at radius 3 is 2.21 bits per heavy atom. The highest BCUT2D eigenvalue weighted by Crippen LogP contribution is 2.28. The molecular weight excluding hydrogens is 390 g/mol. The van der Waals surface area contributed by atoms with Gasteiger partial charge in [-0.25, -0.2) is 0 Å². The molecule has 24 heavy (non-hydrogen) atoms. The third kappa shape index (κ3) is 5.69. The monoisotopic (exact) mass is 404 g/mol. The van der Waals surface area contributed by atoms with Crippen LogP contribution in [0.2, 0.25) is 10.0 Å². The number of nitrogens with zero attached hydrogens (tertiary/aromatic N) is 1. The van der Waals surface area contributed by atoms with Crippen molar-refractivity contribution in [3.8, 4) is 11.3 Å². The van der Waals surface area contributed by atoms with Gasteiger partial charge in [0.1, 0.15) is 11.5 Å². The topological polar surface area (TPSA) is 38.1 Å². The molecule has 0 saturated carbocycles. The summed E-state index contributed by atoms with van der Waals surface area (Å²) in [6, 6.07) is 13.2. The number of hydrogen-bond acceptors (Lipinski definition) is 3. The van der Waals surface area contributed by atoms with Gasteiger partial charge in [-0.05, 0) is 48.0 Å². The minimum Gasteiger partial charge on any atom is -0.460 e. The fraction of sp³-hybridized carbons (Fsp3) is 0.118. The highest BCUT2D eigenvalue weighted by Gasteiger charge is 2.07. The van der Waals surface area contributed by atoms with E-state index in [1.165, 1.54) is 5.56 Å². The molecule has 0 saturated heterocycles. The molecule has 3 rings (SSSR count). The highest BCUT2D eigenvalue weighted by molar-refractivity contribution is 6.35. The van der Waals surface area contributed by atoms with Crippen molar-refractivity contribution < 1.29 is 4.42 Å². The van der Waals surface area contributed by atoms with Gasteiger partial charge in [0.2, 0.25) is 0 Å². The molecule has 0 atom stereocenters. The summed E-state index contributed by atoms with van der Waals surface area (Å²) in [7, 11) is 0. The Bertz CT molecular complexity index is 742. The van der Waals surface area contributed by atoms with E-state index in [2.05, 4.69) is 10.3 Å². The van der Waals surface area contributed by atoms with Gasteiger partial charge in [-0.3, -0.25) is 4.98 Å². The third-order valence-corrected chi connectivity index (χ3v) is 3.62. The van der Waals surface area contributed by atoms with Gasteiger partial charge in [0.25, 0.3) is 0 Å². The third-order valence-electron chi connectivity index (χ3n) is 3.19. The standard InChI is InChI=1S/C17H14Cl2N2O.2ClH/c18-14-7-13(8-15(19)9-14)17-2-1-16(22-17)11-21-10-12-3-5-20-6-4-12;;/h1-9,21H,10-11H2;2*1H. The Labute approximate surface area is 163 Å². The van der Waals surface area contributed by atoms with Crippen LogP contribution in [0.5, 0.6) is 0 Å². The SMILES string of the molecule is Cl.Cl.Clc1cc(Cl)cc(-c2ccc(CNCc3ccncc3)o2)c1. The van der Waals surface area contributed by atoms with Gasteiger partial charge >= 0.3 is 0 Å². The molecule has 2 aromatic heterocycles. The maximum atomic E-state index is 6.01. The Morgan fingerprint density at radius 1 is 0.875 bits per heavy atom. The van der Waals surface area contributed by atoms with E-state index >= 15 is 0 Å². The lowest BCUT2D eigenvalue weighted by Gasteiger charge is -2.03. The van der Waals surface area contributed by atoms with Crippen molar-refractivity contribution in [1.82, 2.24) is 10.3 Å². The molecule has 3 aromatic rings. The molecular formula is C17H16Cl4N2O. The number of pyridine rings is 1. The van der Waals surface area contributed by atoms with E-state index in [-0.39, 0.29) is 24.8 Å². The van der Waals surface area contributed by atoms with Crippen LogP contribution >= 0.6 is 48.0 Å². The first-order valence-corrected chi connectivity index (χ1v) is 7.61. The fourth-order valence-electron chi connectivity index (χ4n) is 2.15. The first-order valence-electron chi connectivity index (χ1n) is 6.85. The first-order chi connectivity index (χ1) is 10.7. The van der Waals surface area contributed by atoms with Crippen LogP contribution < -0.4 is 5.32 Å². The average molecular weight is 406 g/mol. The fourth-order valence-corrected chi connectivity index (χ4v) is 2.68. The van der Waals surface area contributed by atoms with E-state index in [0.29, 0.717) is 16.6 Å². The van der Waals surface area contributed by atoms with E-state index in [9.17, 15) is 0 Å². The number of nitrogens with one attached hydrogen (secondary N) is 1. The van der Waals surface area contributed by atoms with Crippen LogP contribution in [-0.2, 0) is 13.1 Å². The lowest BCUT2D eigenvalue weighted by molar-refractivity contribution is 0.493. The van der Waals surface area contributed by atoms with Gasteiger partial charge in [0, 0.05) is 34.5 Å². The Kier molecular flexibility index (Phi) is 8.60. The van der Waals surface area contributed by atoms with E-state index in [0.717, 1.165) is 23.6 Å². The quantitative estimate of drug-likeness (QED) is 0.584. The maximum absolute atomic E-state index is 6.01. The average Bonchev–Trinajstić information content (AvgIpc) is 2.96. The van der Waals surface area contributed by atoms with Crippen molar-refractivity contribution >= 4 is 48.0 Å². The molecule has 0 unspecified atom stereocenters. The largest absolute Gasteiger partial charge is 0.460 e. The van der Waals surface area contributed by atoms with Crippen molar-refractivity contribution in [3.63, 3.8) is 0 Å². The van der Waals surface area contributed by atoms with E-state index in [1.807, 2.05) is 36.4 Å². The second-order valence-electron chi connectivity index (χ2n) is 4.88. The van der Waals surface area contributed by atoms with Crippen LogP contribution in [0.15, 0.2) is 59.3 Å². The van der Waals surface area contributed by atoms with Crippen molar-refractivity contribution in [3.05, 3.63) is 76.2 Å². The van der Waals surface area contributed by atoms with Gasteiger partial charge in [0.15, 0.2) is 0 Å². The number of aromatic nitrogens is 1. The zero-order valence-corrected chi connectivity index (χ0v) is 15.7. The van der Waals surface area contributed by atoms with E-state index in [1.54, 1.807) is 18.5 Å². The molecule has 0 fully saturated rings. The van der Waals surface area contributed by atoms with Crippen LogP contribution in [0.4, 0.5) is 0 Å². The highest BCUT2D eigenvalue weighted by atomic mass is 35.5. The second-order valence-corrected chi connectivity index (χ2v) is 5.76. The van der Waals surface area contributed by atoms with Crippen molar-refractivity contribution in [2.45, 2.75) is 13.1 Å². The van der Waals surface area contributed by atoms with Crippen LogP contribution in [0.25, 0.3) is 11.3 Å². The molecule has 0 spiro atoms. The molecule has 0 aliphatic rings. The van der Waals surface area contributed by atoms with Gasteiger partial charge in [0.05, 0.1) is 6.54 Å². The smallest absolute Gasteiger partial charge is 0.134 e. The molecule has 7 heteroatoms. The summed E-state index contributed by atoms with van der Waals surface area (Å²) in [4.78, 5) is 3.99. The summed E-state index contributed by atoms with van der Waals surface area (Å²) in [6.45, 7) is 1.41. The first kappa shape index (κ1) is 20.8. The van der Waals surface area contributed by atoms with Gasteiger partial charge in [-0.2, -0.15) is 0 Å². The molecule has 0 radical (unpaired) electrons. The number of benzene rings is 1. The zero-order chi connectivity index (χ0) is 15.4. The van der Waals surface area contributed by atoms with Crippen molar-refractivity contribution in [2.24, 2.45) is 0 Å². The van der Waals surface area contributed by atoms with E-state index in [4.69, 9.17) is 27.6 Å². The van der Waals surface area contributed by atoms with Crippen LogP contribution in [0.3, 0.4) is 0 Å². The van der Waals surface area contributed by atoms with Crippen LogP contribution in [-0.4, -0.2) is 4.98 Å². The number of rotatable bonds is 5. The van der Waals surface area contributed by atoms with Crippen molar-refractivity contribution in [2.75, 3.05) is 0 Å². The molecule has 1 N–H and O–H groups in total. The zero-order valence-electron chi connectivity index (χ0n) is 12.5. The molecule has 128 valence electrons. The summed E-state index contributed by atoms with van der Waals surface area (Å²) in [6.07, 6.45) is 3.57. The van der Waals surface area contributed by atoms with Crippen LogP contribution in [0, 0.1) is 0 Å². The number of halogens is 4. The number of hydrogen-bond donors (Lipinski definition) is 1. The minimum atomic E-state index is 0. The Hall–Kier alpha value is -1.23. The molecule has 0 aliphatic carbocycles. The summed E-state index contributed by atoms with van der Waals surface area (Å²) in [5, 5.41) is 4.52. The molecule has 2 heterocycles. The van der Waals surface area contributed by atoms with Crippen molar-refractivity contribution in [1.29, 1.82) is 0 Å². The summed E-state index contributed by atoms with van der Waals surface area (Å²) < 4.78 is 5.83. The summed E-state index contributed by atoms with van der Waals surface area (Å²) in [5.74, 6) is 1.62. The normalized spacial score (nSPS) is 9.92. The van der Waals surface area contributed by atoms with Gasteiger partial charge < -0.3 is 9.73 Å². The molecule has 1 aromatic carbocycles. The number of furan rings is 1. The minimum absolute atomic E-state index is 0. The lowest BCUT2D eigenvalue weighted by atomic mass is 10.2. The summed E-state index contributed by atoms with van der Waals surface area (Å²) >= 11 is 12.0. The second kappa shape index (κ2) is 9.92. The molecule has 0 amide bonds. The van der Waals surface area contributed by atoms with E-state index < -0.39 is 0 Å². The Balaban J connectivity index is 0.00000144. The van der Waals surface area contributed by atoms with Gasteiger partial charge in [-0.15, -0.1) is 24.8 Å². The molecule has 3 nitrogen and oxygen atoms in total. The van der Waals surface area contributed by atoms with Crippen LogP contribution in [0.1, 0.15) is 11.3 Å².